The van der Waals surface area contributed by atoms with E-state index in [-0.39, 0.29) is 13.2 Å². The van der Waals surface area contributed by atoms with Crippen LogP contribution in [0.15, 0.2) is 24.3 Å². The molecule has 0 spiro atoms. The van der Waals surface area contributed by atoms with E-state index in [1.54, 1.807) is 0 Å². The Kier molecular flexibility index (Phi) is 6.81. The zero-order valence-electron chi connectivity index (χ0n) is 10.1. The second-order valence-electron chi connectivity index (χ2n) is 4.13. The summed E-state index contributed by atoms with van der Waals surface area (Å²) in [6, 6.07) is 8.87. The summed E-state index contributed by atoms with van der Waals surface area (Å²) in [5.74, 6) is 0. The number of hydrogen-bond donors (Lipinski definition) is 4. The van der Waals surface area contributed by atoms with Gasteiger partial charge >= 0.3 is 0 Å². The van der Waals surface area contributed by atoms with Crippen molar-refractivity contribution in [2.75, 3.05) is 26.3 Å². The first kappa shape index (κ1) is 14.1. The van der Waals surface area contributed by atoms with Gasteiger partial charge in [-0.2, -0.15) is 0 Å². The maximum Gasteiger partial charge on any atom is 0.0555 e. The number of aliphatic hydroxyl groups excluding tert-OH is 2. The Morgan fingerprint density at radius 3 is 1.94 bits per heavy atom. The highest BCUT2D eigenvalue weighted by Gasteiger charge is 2.15. The summed E-state index contributed by atoms with van der Waals surface area (Å²) in [7, 11) is 0. The quantitative estimate of drug-likeness (QED) is 0.542. The molecule has 0 bridgehead atoms. The minimum absolute atomic E-state index is 0.139. The molecule has 4 heteroatoms. The van der Waals surface area contributed by atoms with Gasteiger partial charge in [-0.3, -0.25) is 0 Å². The van der Waals surface area contributed by atoms with Crippen LogP contribution in [-0.4, -0.2) is 42.6 Å². The fourth-order valence-electron chi connectivity index (χ4n) is 1.88. The minimum Gasteiger partial charge on any atom is -0.395 e. The number of aliphatic hydroxyl groups is 2. The Labute approximate surface area is 102 Å². The Bertz CT molecular complexity index is 289. The van der Waals surface area contributed by atoms with Crippen LogP contribution in [0, 0.1) is 0 Å². The van der Waals surface area contributed by atoms with Crippen molar-refractivity contribution in [1.82, 2.24) is 5.32 Å². The summed E-state index contributed by atoms with van der Waals surface area (Å²) in [6.45, 7) is 1.42. The Morgan fingerprint density at radius 1 is 1.06 bits per heavy atom. The lowest BCUT2D eigenvalue weighted by Crippen LogP contribution is -2.21. The van der Waals surface area contributed by atoms with E-state index in [1.807, 2.05) is 0 Å². The molecule has 5 N–H and O–H groups in total. The molecule has 17 heavy (non-hydrogen) atoms. The van der Waals surface area contributed by atoms with Crippen molar-refractivity contribution in [2.45, 2.75) is 18.9 Å². The molecular weight excluding hydrogens is 216 g/mol. The van der Waals surface area contributed by atoms with Crippen LogP contribution >= 0.6 is 0 Å². The highest BCUT2D eigenvalue weighted by Crippen LogP contribution is 2.19. The summed E-state index contributed by atoms with van der Waals surface area (Å²) in [5.41, 5.74) is 8.66. The molecule has 0 aromatic heterocycles. The van der Waals surface area contributed by atoms with Gasteiger partial charge in [-0.25, -0.2) is 0 Å². The van der Waals surface area contributed by atoms with Gasteiger partial charge in [-0.1, -0.05) is 24.3 Å². The van der Waals surface area contributed by atoms with Crippen LogP contribution in [0.5, 0.6) is 0 Å². The summed E-state index contributed by atoms with van der Waals surface area (Å²) in [6.07, 6.45) is 2.13. The number of nitrogens with one attached hydrogen (secondary N) is 1. The third-order valence-corrected chi connectivity index (χ3v) is 2.66. The van der Waals surface area contributed by atoms with E-state index >= 15 is 0 Å². The number of benzene rings is 1. The predicted octanol–water partition coefficient (Wildman–Crippen LogP) is -0.327. The number of rotatable bonds is 4. The first-order valence-electron chi connectivity index (χ1n) is 6.02. The average molecular weight is 238 g/mol. The van der Waals surface area contributed by atoms with Gasteiger partial charge in [0.2, 0.25) is 0 Å². The molecule has 96 valence electrons. The molecule has 0 saturated heterocycles. The molecule has 0 unspecified atom stereocenters. The normalized spacial score (nSPS) is 14.1. The first-order chi connectivity index (χ1) is 8.27. The summed E-state index contributed by atoms with van der Waals surface area (Å²) < 4.78 is 0. The molecule has 0 saturated carbocycles. The van der Waals surface area contributed by atoms with Crippen molar-refractivity contribution in [3.8, 4) is 0 Å². The lowest BCUT2D eigenvalue weighted by Gasteiger charge is -1.94. The number of nitrogens with two attached hydrogens (primary N) is 1. The van der Waals surface area contributed by atoms with Crippen molar-refractivity contribution >= 4 is 0 Å². The van der Waals surface area contributed by atoms with Gasteiger partial charge in [-0.05, 0) is 24.0 Å². The lowest BCUT2D eigenvalue weighted by molar-refractivity contribution is 0.267. The molecule has 0 amide bonds. The molecule has 1 aromatic rings. The number of hydrogen-bond acceptors (Lipinski definition) is 4. The highest BCUT2D eigenvalue weighted by atomic mass is 16.3. The van der Waals surface area contributed by atoms with Crippen molar-refractivity contribution in [3.63, 3.8) is 0 Å². The minimum atomic E-state index is 0.139. The van der Waals surface area contributed by atoms with Gasteiger partial charge in [-0.15, -0.1) is 0 Å². The van der Waals surface area contributed by atoms with Crippen molar-refractivity contribution in [3.05, 3.63) is 35.4 Å². The second-order valence-corrected chi connectivity index (χ2v) is 4.13. The zero-order valence-corrected chi connectivity index (χ0v) is 10.1. The van der Waals surface area contributed by atoms with Crippen LogP contribution < -0.4 is 11.1 Å². The third-order valence-electron chi connectivity index (χ3n) is 2.66. The molecule has 1 aliphatic carbocycles. The zero-order chi connectivity index (χ0) is 12.5. The van der Waals surface area contributed by atoms with E-state index in [9.17, 15) is 0 Å². The fourth-order valence-corrected chi connectivity index (χ4v) is 1.88. The van der Waals surface area contributed by atoms with Gasteiger partial charge in [0, 0.05) is 19.1 Å². The summed E-state index contributed by atoms with van der Waals surface area (Å²) >= 11 is 0. The van der Waals surface area contributed by atoms with E-state index in [0.29, 0.717) is 19.1 Å². The highest BCUT2D eigenvalue weighted by molar-refractivity contribution is 5.32. The van der Waals surface area contributed by atoms with Crippen LogP contribution in [0.4, 0.5) is 0 Å². The maximum atomic E-state index is 8.15. The van der Waals surface area contributed by atoms with Crippen molar-refractivity contribution in [1.29, 1.82) is 0 Å². The van der Waals surface area contributed by atoms with E-state index in [4.69, 9.17) is 15.9 Å². The molecule has 2 rings (SSSR count). The van der Waals surface area contributed by atoms with Crippen LogP contribution in [0.3, 0.4) is 0 Å². The largest absolute Gasteiger partial charge is 0.395 e. The summed E-state index contributed by atoms with van der Waals surface area (Å²) in [5, 5.41) is 19.1. The molecule has 1 aromatic carbocycles. The number of fused-ring (bicyclic) bond motifs is 1. The SMILES string of the molecule is NC1Cc2ccccc2C1.OCCNCCO. The maximum absolute atomic E-state index is 8.15. The molecule has 1 aliphatic rings. The van der Waals surface area contributed by atoms with Gasteiger partial charge in [0.15, 0.2) is 0 Å². The van der Waals surface area contributed by atoms with Gasteiger partial charge < -0.3 is 21.3 Å². The molecule has 0 atom stereocenters. The predicted molar refractivity (Wildman–Crippen MR) is 68.9 cm³/mol. The molecule has 4 nitrogen and oxygen atoms in total. The van der Waals surface area contributed by atoms with Crippen LogP contribution in [0.25, 0.3) is 0 Å². The molecular formula is C13H22N2O2. The Morgan fingerprint density at radius 2 is 1.53 bits per heavy atom. The van der Waals surface area contributed by atoms with Gasteiger partial charge in [0.1, 0.15) is 0 Å². The molecule has 0 heterocycles. The molecule has 0 fully saturated rings. The van der Waals surface area contributed by atoms with E-state index in [1.165, 1.54) is 11.1 Å². The van der Waals surface area contributed by atoms with Gasteiger partial charge in [0.25, 0.3) is 0 Å². The molecule has 0 aliphatic heterocycles. The lowest BCUT2D eigenvalue weighted by atomic mass is 10.1. The Balaban J connectivity index is 0.000000185. The average Bonchev–Trinajstić information content (AvgIpc) is 2.70. The van der Waals surface area contributed by atoms with Gasteiger partial charge in [0.05, 0.1) is 13.2 Å². The van der Waals surface area contributed by atoms with E-state index < -0.39 is 0 Å². The van der Waals surface area contributed by atoms with Crippen molar-refractivity contribution < 1.29 is 10.2 Å². The van der Waals surface area contributed by atoms with E-state index in [0.717, 1.165) is 12.8 Å². The fraction of sp³-hybridized carbons (Fsp3) is 0.538. The van der Waals surface area contributed by atoms with Crippen LogP contribution in [0.1, 0.15) is 11.1 Å². The van der Waals surface area contributed by atoms with Crippen molar-refractivity contribution in [2.24, 2.45) is 5.73 Å². The first-order valence-corrected chi connectivity index (χ1v) is 6.02. The monoisotopic (exact) mass is 238 g/mol. The second kappa shape index (κ2) is 8.20. The summed E-state index contributed by atoms with van der Waals surface area (Å²) in [4.78, 5) is 0. The smallest absolute Gasteiger partial charge is 0.0555 e. The topological polar surface area (TPSA) is 78.5 Å². The van der Waals surface area contributed by atoms with Crippen LogP contribution in [0.2, 0.25) is 0 Å². The standard InChI is InChI=1S/C9H11N.C4H11NO2/c10-9-5-7-3-1-2-4-8(7)6-9;6-3-1-5-2-4-7/h1-4,9H,5-6,10H2;5-7H,1-4H2. The molecule has 0 radical (unpaired) electrons. The Hall–Kier alpha value is -0.940. The third kappa shape index (κ3) is 5.28. The van der Waals surface area contributed by atoms with Crippen LogP contribution in [-0.2, 0) is 12.8 Å². The van der Waals surface area contributed by atoms with E-state index in [2.05, 4.69) is 29.6 Å².